The summed E-state index contributed by atoms with van der Waals surface area (Å²) in [6.07, 6.45) is 2.35. The normalized spacial score (nSPS) is 18.9. The van der Waals surface area contributed by atoms with E-state index in [1.807, 2.05) is 0 Å². The fourth-order valence-corrected chi connectivity index (χ4v) is 3.31. The summed E-state index contributed by atoms with van der Waals surface area (Å²) in [5.41, 5.74) is 2.41. The molecule has 4 heteroatoms. The van der Waals surface area contributed by atoms with E-state index in [-0.39, 0.29) is 0 Å². The van der Waals surface area contributed by atoms with E-state index >= 15 is 0 Å². The number of halogens is 1. The predicted octanol–water partition coefficient (Wildman–Crippen LogP) is 3.91. The van der Waals surface area contributed by atoms with Gasteiger partial charge in [0.15, 0.2) is 11.5 Å². The molecule has 106 valence electrons. The van der Waals surface area contributed by atoms with Gasteiger partial charge in [-0.05, 0) is 42.5 Å². The first-order valence-corrected chi connectivity index (χ1v) is 7.15. The second-order valence-electron chi connectivity index (χ2n) is 5.23. The summed E-state index contributed by atoms with van der Waals surface area (Å²) in [5, 5.41) is 4.21. The van der Waals surface area contributed by atoms with Gasteiger partial charge >= 0.3 is 0 Å². The van der Waals surface area contributed by atoms with E-state index < -0.39 is 0 Å². The number of hydrogen-bond acceptors (Lipinski definition) is 3. The molecule has 1 aliphatic rings. The van der Waals surface area contributed by atoms with Gasteiger partial charge in [0.1, 0.15) is 0 Å². The van der Waals surface area contributed by atoms with Crippen LogP contribution in [0.4, 0.5) is 0 Å². The Labute approximate surface area is 120 Å². The Morgan fingerprint density at radius 1 is 1.32 bits per heavy atom. The summed E-state index contributed by atoms with van der Waals surface area (Å²) in [6.45, 7) is 5.38. The third-order valence-electron chi connectivity index (χ3n) is 3.69. The van der Waals surface area contributed by atoms with Crippen LogP contribution < -0.4 is 14.8 Å². The van der Waals surface area contributed by atoms with Crippen LogP contribution in [0.15, 0.2) is 6.07 Å². The molecule has 1 fully saturated rings. The minimum absolute atomic E-state index is 0.352. The van der Waals surface area contributed by atoms with Gasteiger partial charge in [0.25, 0.3) is 0 Å². The lowest BCUT2D eigenvalue weighted by molar-refractivity contribution is 0.353. The summed E-state index contributed by atoms with van der Waals surface area (Å²) in [7, 11) is 3.27. The summed E-state index contributed by atoms with van der Waals surface area (Å²) in [5.74, 6) is 1.69. The van der Waals surface area contributed by atoms with Crippen LogP contribution in [-0.4, -0.2) is 20.8 Å². The molecule has 1 N–H and O–H groups in total. The molecule has 1 aromatic carbocycles. The number of benzene rings is 1. The Morgan fingerprint density at radius 2 is 2.05 bits per heavy atom. The van der Waals surface area contributed by atoms with Gasteiger partial charge in [0, 0.05) is 6.04 Å². The molecule has 1 unspecified atom stereocenters. The number of nitrogens with one attached hydrogen (secondary N) is 1. The minimum atomic E-state index is 0.352. The van der Waals surface area contributed by atoms with E-state index in [2.05, 4.69) is 25.2 Å². The molecule has 2 rings (SSSR count). The highest BCUT2D eigenvalue weighted by atomic mass is 35.5. The van der Waals surface area contributed by atoms with Crippen molar-refractivity contribution in [1.29, 1.82) is 0 Å². The van der Waals surface area contributed by atoms with Gasteiger partial charge < -0.3 is 14.8 Å². The van der Waals surface area contributed by atoms with Crippen molar-refractivity contribution in [1.82, 2.24) is 5.32 Å². The minimum Gasteiger partial charge on any atom is -0.493 e. The molecule has 1 aliphatic heterocycles. The van der Waals surface area contributed by atoms with Crippen molar-refractivity contribution in [2.24, 2.45) is 0 Å². The van der Waals surface area contributed by atoms with Crippen LogP contribution >= 0.6 is 11.6 Å². The topological polar surface area (TPSA) is 30.5 Å². The highest BCUT2D eigenvalue weighted by Crippen LogP contribution is 2.45. The highest BCUT2D eigenvalue weighted by Gasteiger charge is 2.26. The van der Waals surface area contributed by atoms with Gasteiger partial charge in [-0.15, -0.1) is 0 Å². The van der Waals surface area contributed by atoms with Gasteiger partial charge in [-0.3, -0.25) is 0 Å². The first-order valence-electron chi connectivity index (χ1n) is 6.77. The number of rotatable bonds is 4. The zero-order chi connectivity index (χ0) is 14.0. The maximum atomic E-state index is 6.54. The Bertz CT molecular complexity index is 454. The molecular weight excluding hydrogens is 262 g/mol. The average Bonchev–Trinajstić information content (AvgIpc) is 2.90. The van der Waals surface area contributed by atoms with Gasteiger partial charge in [-0.1, -0.05) is 25.4 Å². The Morgan fingerprint density at radius 3 is 2.53 bits per heavy atom. The fourth-order valence-electron chi connectivity index (χ4n) is 2.81. The van der Waals surface area contributed by atoms with Crippen LogP contribution in [0.5, 0.6) is 11.5 Å². The number of methoxy groups -OCH3 is 2. The maximum Gasteiger partial charge on any atom is 0.179 e. The summed E-state index contributed by atoms with van der Waals surface area (Å²) >= 11 is 6.54. The zero-order valence-corrected chi connectivity index (χ0v) is 12.8. The molecule has 0 radical (unpaired) electrons. The second kappa shape index (κ2) is 6.02. The summed E-state index contributed by atoms with van der Waals surface area (Å²) < 4.78 is 10.8. The van der Waals surface area contributed by atoms with Crippen LogP contribution in [0.2, 0.25) is 5.02 Å². The Balaban J connectivity index is 2.59. The van der Waals surface area contributed by atoms with Crippen molar-refractivity contribution in [2.75, 3.05) is 20.8 Å². The van der Waals surface area contributed by atoms with Crippen molar-refractivity contribution < 1.29 is 9.47 Å². The van der Waals surface area contributed by atoms with E-state index in [4.69, 9.17) is 21.1 Å². The molecule has 0 amide bonds. The largest absolute Gasteiger partial charge is 0.493 e. The molecule has 1 atom stereocenters. The van der Waals surface area contributed by atoms with E-state index in [0.717, 1.165) is 13.0 Å². The quantitative estimate of drug-likeness (QED) is 0.909. The third kappa shape index (κ3) is 2.67. The molecule has 0 saturated carbocycles. The van der Waals surface area contributed by atoms with E-state index in [0.29, 0.717) is 28.5 Å². The van der Waals surface area contributed by atoms with Crippen LogP contribution in [-0.2, 0) is 0 Å². The van der Waals surface area contributed by atoms with Gasteiger partial charge in [0.2, 0.25) is 0 Å². The first kappa shape index (κ1) is 14.5. The maximum absolute atomic E-state index is 6.54. The third-order valence-corrected chi connectivity index (χ3v) is 4.07. The molecule has 19 heavy (non-hydrogen) atoms. The molecule has 1 saturated heterocycles. The molecule has 0 aliphatic carbocycles. The molecule has 0 spiro atoms. The van der Waals surface area contributed by atoms with Crippen LogP contribution in [0.3, 0.4) is 0 Å². The van der Waals surface area contributed by atoms with Crippen molar-refractivity contribution in [2.45, 2.75) is 38.6 Å². The Kier molecular flexibility index (Phi) is 4.58. The lowest BCUT2D eigenvalue weighted by Crippen LogP contribution is -2.16. The number of hydrogen-bond donors (Lipinski definition) is 1. The zero-order valence-electron chi connectivity index (χ0n) is 12.0. The highest BCUT2D eigenvalue weighted by molar-refractivity contribution is 6.33. The number of ether oxygens (including phenoxy) is 2. The van der Waals surface area contributed by atoms with Crippen LogP contribution in [0.25, 0.3) is 0 Å². The molecule has 1 heterocycles. The molecular formula is C15H22ClNO2. The van der Waals surface area contributed by atoms with Crippen LogP contribution in [0.1, 0.15) is 49.8 Å². The SMILES string of the molecule is COc1cc(C2CCCN2)c(C(C)C)c(Cl)c1OC. The van der Waals surface area contributed by atoms with E-state index in [9.17, 15) is 0 Å². The first-order chi connectivity index (χ1) is 9.10. The van der Waals surface area contributed by atoms with Crippen molar-refractivity contribution >= 4 is 11.6 Å². The smallest absolute Gasteiger partial charge is 0.179 e. The fraction of sp³-hybridized carbons (Fsp3) is 0.600. The second-order valence-corrected chi connectivity index (χ2v) is 5.61. The Hall–Kier alpha value is -0.930. The van der Waals surface area contributed by atoms with Gasteiger partial charge in [-0.2, -0.15) is 0 Å². The van der Waals surface area contributed by atoms with Gasteiger partial charge in [0.05, 0.1) is 19.2 Å². The summed E-state index contributed by atoms with van der Waals surface area (Å²) in [4.78, 5) is 0. The van der Waals surface area contributed by atoms with Gasteiger partial charge in [-0.25, -0.2) is 0 Å². The van der Waals surface area contributed by atoms with E-state index in [1.54, 1.807) is 14.2 Å². The summed E-state index contributed by atoms with van der Waals surface area (Å²) in [6, 6.07) is 2.44. The molecule has 1 aromatic rings. The lowest BCUT2D eigenvalue weighted by atomic mass is 9.91. The monoisotopic (exact) mass is 283 g/mol. The van der Waals surface area contributed by atoms with Crippen molar-refractivity contribution in [3.8, 4) is 11.5 Å². The van der Waals surface area contributed by atoms with Crippen molar-refractivity contribution in [3.05, 3.63) is 22.2 Å². The van der Waals surface area contributed by atoms with Crippen LogP contribution in [0, 0.1) is 0 Å². The van der Waals surface area contributed by atoms with Crippen molar-refractivity contribution in [3.63, 3.8) is 0 Å². The molecule has 0 bridgehead atoms. The standard InChI is InChI=1S/C15H22ClNO2/c1-9(2)13-10(11-6-5-7-17-11)8-12(18-3)15(19-4)14(13)16/h8-9,11,17H,5-7H2,1-4H3. The lowest BCUT2D eigenvalue weighted by Gasteiger charge is -2.23. The molecule has 3 nitrogen and oxygen atoms in total. The molecule has 0 aromatic heterocycles. The average molecular weight is 284 g/mol. The predicted molar refractivity (Wildman–Crippen MR) is 78.6 cm³/mol. The van der Waals surface area contributed by atoms with E-state index in [1.165, 1.54) is 17.5 Å².